The average Bonchev–Trinajstić information content (AvgIpc) is 3.32. The van der Waals surface area contributed by atoms with Gasteiger partial charge in [-0.3, -0.25) is 15.2 Å². The number of nitrogens with one attached hydrogen (secondary N) is 3. The molecule has 7 N–H and O–H groups in total. The standard InChI is InChI=1S/C24H26N8O4.C2H4O2/c1-2-35-18-12-16(13-19(14-18)36-11-10-33)20(29-17-6-4-15(5-7-17)21(25)26)22-30-24(34)32(31-22)23-27-8-3-9-28-23;1-2(3)4/h3-9,12-14,20,29,33H,2,10-11H2,1H3,(H3,25,26)(H,30,31,34);1H3,(H,3,4). The number of aromatic amines is 1. The number of carbonyl (C=O) groups is 1. The number of nitrogen functional groups attached to an aromatic ring is 1. The van der Waals surface area contributed by atoms with Gasteiger partial charge in [0.2, 0.25) is 0 Å². The minimum atomic E-state index is -0.833. The molecule has 210 valence electrons. The quantitative estimate of drug-likeness (QED) is 0.117. The molecular formula is C26H30N8O6. The van der Waals surface area contributed by atoms with Crippen molar-refractivity contribution in [3.05, 3.63) is 88.4 Å². The number of H-pyrrole nitrogens is 1. The zero-order valence-electron chi connectivity index (χ0n) is 21.9. The Morgan fingerprint density at radius 2 is 1.77 bits per heavy atom. The van der Waals surface area contributed by atoms with Crippen LogP contribution in [0.25, 0.3) is 5.95 Å². The molecule has 0 aliphatic carbocycles. The van der Waals surface area contributed by atoms with Crippen molar-refractivity contribution >= 4 is 17.5 Å². The van der Waals surface area contributed by atoms with E-state index in [0.717, 1.165) is 11.6 Å². The Hall–Kier alpha value is -5.24. The predicted octanol–water partition coefficient (Wildman–Crippen LogP) is 1.70. The Kier molecular flexibility index (Phi) is 10.3. The van der Waals surface area contributed by atoms with E-state index in [9.17, 15) is 9.90 Å². The lowest BCUT2D eigenvalue weighted by molar-refractivity contribution is -0.134. The Morgan fingerprint density at radius 3 is 2.35 bits per heavy atom. The molecule has 0 radical (unpaired) electrons. The zero-order chi connectivity index (χ0) is 29.1. The molecule has 0 aliphatic heterocycles. The number of nitrogens with zero attached hydrogens (tertiary/aromatic N) is 4. The highest BCUT2D eigenvalue weighted by Gasteiger charge is 2.23. The molecule has 0 aliphatic rings. The number of carboxylic acids is 1. The SMILES string of the molecule is CC(=O)O.CCOc1cc(OCCO)cc(C(Nc2ccc(C(=N)N)cc2)c2nn(-c3ncccn3)c(=O)[nH]2)c1. The minimum Gasteiger partial charge on any atom is -0.494 e. The third kappa shape index (κ3) is 8.13. The maximum Gasteiger partial charge on any atom is 0.350 e. The van der Waals surface area contributed by atoms with Gasteiger partial charge in [0, 0.05) is 36.6 Å². The van der Waals surface area contributed by atoms with Crippen molar-refractivity contribution in [2.24, 2.45) is 5.73 Å². The maximum absolute atomic E-state index is 12.7. The number of aliphatic hydroxyl groups excluding tert-OH is 1. The predicted molar refractivity (Wildman–Crippen MR) is 146 cm³/mol. The fourth-order valence-electron chi connectivity index (χ4n) is 3.49. The van der Waals surface area contributed by atoms with E-state index in [4.69, 9.17) is 30.5 Å². The van der Waals surface area contributed by atoms with Crippen molar-refractivity contribution in [3.63, 3.8) is 0 Å². The van der Waals surface area contributed by atoms with Crippen LogP contribution in [0.15, 0.2) is 65.7 Å². The summed E-state index contributed by atoms with van der Waals surface area (Å²) >= 11 is 0. The van der Waals surface area contributed by atoms with Crippen molar-refractivity contribution in [3.8, 4) is 17.4 Å². The van der Waals surface area contributed by atoms with Crippen molar-refractivity contribution in [2.75, 3.05) is 25.1 Å². The molecule has 14 nitrogen and oxygen atoms in total. The third-order valence-corrected chi connectivity index (χ3v) is 5.06. The number of aliphatic carboxylic acids is 1. The van der Waals surface area contributed by atoms with Crippen LogP contribution < -0.4 is 26.2 Å². The Morgan fingerprint density at radius 1 is 1.15 bits per heavy atom. The van der Waals surface area contributed by atoms with Gasteiger partial charge in [-0.2, -0.15) is 0 Å². The van der Waals surface area contributed by atoms with Crippen LogP contribution >= 0.6 is 0 Å². The first-order valence-electron chi connectivity index (χ1n) is 12.1. The van der Waals surface area contributed by atoms with E-state index in [2.05, 4.69) is 25.4 Å². The molecule has 40 heavy (non-hydrogen) atoms. The molecule has 2 aromatic carbocycles. The molecule has 1 unspecified atom stereocenters. The number of aliphatic hydroxyl groups is 1. The molecule has 2 heterocycles. The topological polar surface area (TPSA) is 214 Å². The third-order valence-electron chi connectivity index (χ3n) is 5.06. The van der Waals surface area contributed by atoms with Crippen molar-refractivity contribution in [2.45, 2.75) is 19.9 Å². The number of benzene rings is 2. The van der Waals surface area contributed by atoms with E-state index in [-0.39, 0.29) is 25.0 Å². The van der Waals surface area contributed by atoms with Gasteiger partial charge >= 0.3 is 5.69 Å². The monoisotopic (exact) mass is 550 g/mol. The minimum absolute atomic E-state index is 0.0425. The highest BCUT2D eigenvalue weighted by atomic mass is 16.5. The zero-order valence-corrected chi connectivity index (χ0v) is 21.9. The lowest BCUT2D eigenvalue weighted by Crippen LogP contribution is -2.18. The van der Waals surface area contributed by atoms with Crippen molar-refractivity contribution in [1.82, 2.24) is 24.7 Å². The highest BCUT2D eigenvalue weighted by molar-refractivity contribution is 5.95. The van der Waals surface area contributed by atoms with Crippen LogP contribution in [0.4, 0.5) is 5.69 Å². The number of anilines is 1. The van der Waals surface area contributed by atoms with Crippen molar-refractivity contribution < 1.29 is 24.5 Å². The van der Waals surface area contributed by atoms with E-state index in [0.29, 0.717) is 40.7 Å². The van der Waals surface area contributed by atoms with Crippen molar-refractivity contribution in [1.29, 1.82) is 5.41 Å². The number of aromatic nitrogens is 5. The fraction of sp³-hybridized carbons (Fsp3) is 0.231. The molecule has 0 bridgehead atoms. The number of nitrogens with two attached hydrogens (primary N) is 1. The van der Waals surface area contributed by atoms with Crippen LogP contribution in [-0.4, -0.2) is 66.6 Å². The molecule has 14 heteroatoms. The van der Waals surface area contributed by atoms with Gasteiger partial charge in [-0.1, -0.05) is 0 Å². The summed E-state index contributed by atoms with van der Waals surface area (Å²) in [6.45, 7) is 3.35. The summed E-state index contributed by atoms with van der Waals surface area (Å²) in [4.78, 5) is 32.7. The van der Waals surface area contributed by atoms with Gasteiger partial charge < -0.3 is 30.7 Å². The van der Waals surface area contributed by atoms with Crippen LogP contribution in [0.3, 0.4) is 0 Å². The van der Waals surface area contributed by atoms with E-state index >= 15 is 0 Å². The fourth-order valence-corrected chi connectivity index (χ4v) is 3.49. The molecule has 0 saturated heterocycles. The van der Waals surface area contributed by atoms with Gasteiger partial charge in [-0.25, -0.2) is 14.8 Å². The Bertz CT molecular complexity index is 1470. The lowest BCUT2D eigenvalue weighted by atomic mass is 10.0. The molecular weight excluding hydrogens is 520 g/mol. The number of ether oxygens (including phenoxy) is 2. The summed E-state index contributed by atoms with van der Waals surface area (Å²) in [6, 6.07) is 13.3. The molecule has 0 amide bonds. The Balaban J connectivity index is 0.00000103. The number of rotatable bonds is 11. The van der Waals surface area contributed by atoms with Gasteiger partial charge in [0.15, 0.2) is 5.82 Å². The summed E-state index contributed by atoms with van der Waals surface area (Å²) in [6.07, 6.45) is 3.04. The highest BCUT2D eigenvalue weighted by Crippen LogP contribution is 2.31. The first-order valence-corrected chi connectivity index (χ1v) is 12.1. The van der Waals surface area contributed by atoms with Crippen LogP contribution in [-0.2, 0) is 4.79 Å². The largest absolute Gasteiger partial charge is 0.494 e. The summed E-state index contributed by atoms with van der Waals surface area (Å²) in [5, 5.41) is 32.0. The number of hydrogen-bond acceptors (Lipinski definition) is 10. The van der Waals surface area contributed by atoms with E-state index in [1.165, 1.54) is 12.4 Å². The second kappa shape index (κ2) is 14.1. The van der Waals surface area contributed by atoms with Crippen LogP contribution in [0.5, 0.6) is 11.5 Å². The summed E-state index contributed by atoms with van der Waals surface area (Å²) in [5.41, 5.74) is 7.02. The molecule has 4 aromatic rings. The number of amidine groups is 1. The van der Waals surface area contributed by atoms with Crippen LogP contribution in [0, 0.1) is 5.41 Å². The smallest absolute Gasteiger partial charge is 0.350 e. The molecule has 4 rings (SSSR count). The summed E-state index contributed by atoms with van der Waals surface area (Å²) < 4.78 is 12.4. The normalized spacial score (nSPS) is 11.1. The van der Waals surface area contributed by atoms with Crippen LogP contribution in [0.2, 0.25) is 0 Å². The Labute approximate surface area is 229 Å². The first-order chi connectivity index (χ1) is 19.2. The summed E-state index contributed by atoms with van der Waals surface area (Å²) in [5.74, 6) is 0.584. The van der Waals surface area contributed by atoms with E-state index in [1.807, 2.05) is 13.0 Å². The number of carboxylic acid groups (broad SMARTS) is 1. The lowest BCUT2D eigenvalue weighted by Gasteiger charge is -2.20. The van der Waals surface area contributed by atoms with Gasteiger partial charge in [0.05, 0.1) is 13.2 Å². The number of hydrogen-bond donors (Lipinski definition) is 6. The molecule has 0 spiro atoms. The van der Waals surface area contributed by atoms with Crippen LogP contribution in [0.1, 0.15) is 36.8 Å². The average molecular weight is 551 g/mol. The molecule has 2 aromatic heterocycles. The summed E-state index contributed by atoms with van der Waals surface area (Å²) in [7, 11) is 0. The van der Waals surface area contributed by atoms with E-state index in [1.54, 1.807) is 42.5 Å². The molecule has 0 fully saturated rings. The van der Waals surface area contributed by atoms with E-state index < -0.39 is 17.7 Å². The second-order valence-corrected chi connectivity index (χ2v) is 8.11. The maximum atomic E-state index is 12.7. The van der Waals surface area contributed by atoms with Gasteiger partial charge in [-0.05, 0) is 55.0 Å². The van der Waals surface area contributed by atoms with Gasteiger partial charge in [0.25, 0.3) is 11.9 Å². The van der Waals surface area contributed by atoms with Gasteiger partial charge in [0.1, 0.15) is 30.0 Å². The second-order valence-electron chi connectivity index (χ2n) is 8.11. The first kappa shape index (κ1) is 29.3. The molecule has 1 atom stereocenters. The van der Waals surface area contributed by atoms with Gasteiger partial charge in [-0.15, -0.1) is 9.78 Å². The molecule has 0 saturated carbocycles.